The topological polar surface area (TPSA) is 64.5 Å². The van der Waals surface area contributed by atoms with Crippen molar-refractivity contribution in [1.82, 2.24) is 4.90 Å². The molecule has 0 saturated carbocycles. The van der Waals surface area contributed by atoms with Crippen LogP contribution in [0, 0.1) is 0 Å². The maximum atomic E-state index is 5.90. The fraction of sp³-hybridized carbons (Fsp3) is 0.455. The molecular formula is C11H17N3OS. The van der Waals surface area contributed by atoms with Crippen molar-refractivity contribution in [2.75, 3.05) is 37.9 Å². The summed E-state index contributed by atoms with van der Waals surface area (Å²) < 4.78 is 5.89. The standard InChI is InChI=1S/C11H17N3OS/c1-14(2)5-7-6-16-11-9(13)4-3-8(12)10(11)15-7/h3-4,7H,5-6,12-13H2,1-2H3. The van der Waals surface area contributed by atoms with E-state index in [0.29, 0.717) is 5.69 Å². The van der Waals surface area contributed by atoms with Gasteiger partial charge in [0.1, 0.15) is 6.10 Å². The highest BCUT2D eigenvalue weighted by atomic mass is 32.2. The molecule has 1 aliphatic heterocycles. The average Bonchev–Trinajstić information content (AvgIpc) is 2.23. The lowest BCUT2D eigenvalue weighted by molar-refractivity contribution is 0.174. The minimum atomic E-state index is 0.177. The van der Waals surface area contributed by atoms with E-state index in [0.717, 1.165) is 28.6 Å². The Hall–Kier alpha value is -1.07. The molecule has 88 valence electrons. The van der Waals surface area contributed by atoms with Gasteiger partial charge in [0.05, 0.1) is 10.6 Å². The zero-order valence-electron chi connectivity index (χ0n) is 9.56. The number of nitrogens with two attached hydrogens (primary N) is 2. The van der Waals surface area contributed by atoms with E-state index >= 15 is 0 Å². The lowest BCUT2D eigenvalue weighted by Crippen LogP contribution is -2.34. The van der Waals surface area contributed by atoms with Crippen LogP contribution in [0.1, 0.15) is 0 Å². The molecule has 1 heterocycles. The molecule has 0 aliphatic carbocycles. The van der Waals surface area contributed by atoms with E-state index < -0.39 is 0 Å². The number of fused-ring (bicyclic) bond motifs is 1. The second-order valence-electron chi connectivity index (χ2n) is 4.22. The molecule has 16 heavy (non-hydrogen) atoms. The molecule has 1 atom stereocenters. The molecule has 0 amide bonds. The first-order chi connectivity index (χ1) is 7.58. The molecule has 1 aromatic rings. The predicted molar refractivity (Wildman–Crippen MR) is 69.0 cm³/mol. The second-order valence-corrected chi connectivity index (χ2v) is 5.25. The Labute approximate surface area is 99.9 Å². The summed E-state index contributed by atoms with van der Waals surface area (Å²) in [5.41, 5.74) is 13.2. The molecule has 0 spiro atoms. The zero-order valence-corrected chi connectivity index (χ0v) is 10.4. The van der Waals surface area contributed by atoms with Crippen molar-refractivity contribution >= 4 is 23.1 Å². The van der Waals surface area contributed by atoms with Crippen molar-refractivity contribution in [3.05, 3.63) is 12.1 Å². The Kier molecular flexibility index (Phi) is 3.16. The van der Waals surface area contributed by atoms with Gasteiger partial charge in [-0.25, -0.2) is 0 Å². The summed E-state index contributed by atoms with van der Waals surface area (Å²) in [6.07, 6.45) is 0.177. The Morgan fingerprint density at radius 3 is 2.75 bits per heavy atom. The summed E-state index contributed by atoms with van der Waals surface area (Å²) in [4.78, 5) is 3.09. The zero-order chi connectivity index (χ0) is 11.7. The number of likely N-dealkylation sites (N-methyl/N-ethyl adjacent to an activating group) is 1. The molecule has 1 aliphatic rings. The minimum absolute atomic E-state index is 0.177. The number of rotatable bonds is 2. The second kappa shape index (κ2) is 4.43. The number of nitrogen functional groups attached to an aromatic ring is 2. The third kappa shape index (κ3) is 2.20. The van der Waals surface area contributed by atoms with Crippen LogP contribution in [0.3, 0.4) is 0 Å². The number of benzene rings is 1. The number of thioether (sulfide) groups is 1. The van der Waals surface area contributed by atoms with E-state index in [2.05, 4.69) is 4.90 Å². The van der Waals surface area contributed by atoms with Crippen LogP contribution < -0.4 is 16.2 Å². The van der Waals surface area contributed by atoms with Crippen molar-refractivity contribution in [3.8, 4) is 5.75 Å². The third-order valence-electron chi connectivity index (χ3n) is 2.44. The molecular weight excluding hydrogens is 222 g/mol. The van der Waals surface area contributed by atoms with Gasteiger partial charge in [-0.05, 0) is 26.2 Å². The average molecular weight is 239 g/mol. The first kappa shape index (κ1) is 11.4. The SMILES string of the molecule is CN(C)CC1CSc2c(N)ccc(N)c2O1. The van der Waals surface area contributed by atoms with Crippen molar-refractivity contribution in [2.45, 2.75) is 11.0 Å². The van der Waals surface area contributed by atoms with Crippen molar-refractivity contribution in [1.29, 1.82) is 0 Å². The van der Waals surface area contributed by atoms with Crippen LogP contribution >= 0.6 is 11.8 Å². The van der Waals surface area contributed by atoms with E-state index in [1.54, 1.807) is 17.8 Å². The van der Waals surface area contributed by atoms with Crippen molar-refractivity contribution < 1.29 is 4.74 Å². The van der Waals surface area contributed by atoms with E-state index in [1.807, 2.05) is 20.2 Å². The Bertz CT molecular complexity index is 395. The highest BCUT2D eigenvalue weighted by Gasteiger charge is 2.24. The van der Waals surface area contributed by atoms with Gasteiger partial charge in [0.2, 0.25) is 0 Å². The van der Waals surface area contributed by atoms with Gasteiger partial charge in [-0.2, -0.15) is 0 Å². The highest BCUT2D eigenvalue weighted by molar-refractivity contribution is 7.99. The number of anilines is 2. The summed E-state index contributed by atoms with van der Waals surface area (Å²) >= 11 is 1.72. The number of nitrogens with zero attached hydrogens (tertiary/aromatic N) is 1. The summed E-state index contributed by atoms with van der Waals surface area (Å²) in [5.74, 6) is 1.67. The van der Waals surface area contributed by atoms with Crippen molar-refractivity contribution in [2.24, 2.45) is 0 Å². The predicted octanol–water partition coefficient (Wildman–Crippen LogP) is 1.27. The van der Waals surface area contributed by atoms with Crippen LogP contribution in [0.15, 0.2) is 17.0 Å². The third-order valence-corrected chi connectivity index (χ3v) is 3.69. The summed E-state index contributed by atoms with van der Waals surface area (Å²) in [6, 6.07) is 3.63. The Balaban J connectivity index is 2.23. The number of hydrogen-bond acceptors (Lipinski definition) is 5. The molecule has 1 aromatic carbocycles. The molecule has 5 heteroatoms. The first-order valence-corrected chi connectivity index (χ1v) is 6.18. The van der Waals surface area contributed by atoms with Crippen LogP contribution in [0.4, 0.5) is 11.4 Å². The summed E-state index contributed by atoms with van der Waals surface area (Å²) in [5, 5.41) is 0. The molecule has 2 rings (SSSR count). The number of hydrogen-bond donors (Lipinski definition) is 2. The van der Waals surface area contributed by atoms with Gasteiger partial charge in [-0.3, -0.25) is 0 Å². The molecule has 0 bridgehead atoms. The minimum Gasteiger partial charge on any atom is -0.485 e. The van der Waals surface area contributed by atoms with Gasteiger partial charge >= 0.3 is 0 Å². The van der Waals surface area contributed by atoms with E-state index in [4.69, 9.17) is 16.2 Å². The Morgan fingerprint density at radius 2 is 2.06 bits per heavy atom. The molecule has 4 N–H and O–H groups in total. The fourth-order valence-corrected chi connectivity index (χ4v) is 2.80. The molecule has 4 nitrogen and oxygen atoms in total. The van der Waals surface area contributed by atoms with Crippen LogP contribution in [-0.2, 0) is 0 Å². The van der Waals surface area contributed by atoms with Gasteiger partial charge in [0, 0.05) is 18.0 Å². The van der Waals surface area contributed by atoms with Crippen LogP contribution in [0.2, 0.25) is 0 Å². The molecule has 0 radical (unpaired) electrons. The maximum Gasteiger partial charge on any atom is 0.158 e. The van der Waals surface area contributed by atoms with E-state index in [-0.39, 0.29) is 6.10 Å². The van der Waals surface area contributed by atoms with Gasteiger partial charge in [-0.15, -0.1) is 11.8 Å². The molecule has 0 fully saturated rings. The quantitative estimate of drug-likeness (QED) is 0.761. The normalized spacial score (nSPS) is 19.3. The number of ether oxygens (including phenoxy) is 1. The van der Waals surface area contributed by atoms with Crippen LogP contribution in [0.5, 0.6) is 5.75 Å². The monoisotopic (exact) mass is 239 g/mol. The fourth-order valence-electron chi connectivity index (χ4n) is 1.74. The molecule has 1 unspecified atom stereocenters. The molecule has 0 aromatic heterocycles. The van der Waals surface area contributed by atoms with E-state index in [9.17, 15) is 0 Å². The van der Waals surface area contributed by atoms with Gasteiger partial charge in [0.15, 0.2) is 5.75 Å². The van der Waals surface area contributed by atoms with Crippen molar-refractivity contribution in [3.63, 3.8) is 0 Å². The lowest BCUT2D eigenvalue weighted by Gasteiger charge is -2.29. The summed E-state index contributed by atoms with van der Waals surface area (Å²) in [7, 11) is 4.07. The van der Waals surface area contributed by atoms with E-state index in [1.165, 1.54) is 0 Å². The highest BCUT2D eigenvalue weighted by Crippen LogP contribution is 2.43. The largest absolute Gasteiger partial charge is 0.485 e. The molecule has 0 saturated heterocycles. The first-order valence-electron chi connectivity index (χ1n) is 5.20. The smallest absolute Gasteiger partial charge is 0.158 e. The van der Waals surface area contributed by atoms with Gasteiger partial charge in [0.25, 0.3) is 0 Å². The maximum absolute atomic E-state index is 5.90. The van der Waals surface area contributed by atoms with Gasteiger partial charge < -0.3 is 21.1 Å². The Morgan fingerprint density at radius 1 is 1.38 bits per heavy atom. The summed E-state index contributed by atoms with van der Waals surface area (Å²) in [6.45, 7) is 0.890. The van der Waals surface area contributed by atoms with Crippen LogP contribution in [-0.4, -0.2) is 37.4 Å². The van der Waals surface area contributed by atoms with Crippen LogP contribution in [0.25, 0.3) is 0 Å². The lowest BCUT2D eigenvalue weighted by atomic mass is 10.2. The van der Waals surface area contributed by atoms with Gasteiger partial charge in [-0.1, -0.05) is 0 Å².